The molecule has 2 N–H and O–H groups in total. The first-order valence-corrected chi connectivity index (χ1v) is 4.71. The molecule has 1 aromatic rings. The van der Waals surface area contributed by atoms with Crippen LogP contribution in [-0.2, 0) is 0 Å². The summed E-state index contributed by atoms with van der Waals surface area (Å²) in [5.74, 6) is 0. The maximum absolute atomic E-state index is 8.29. The maximum Gasteiger partial charge on any atom is 1.00 e. The topological polar surface area (TPSA) is 47.9 Å². The number of rotatable bonds is 1. The first kappa shape index (κ1) is 15.0. The van der Waals surface area contributed by atoms with E-state index in [1.807, 2.05) is 0 Å². The summed E-state index contributed by atoms with van der Waals surface area (Å²) in [4.78, 5) is 0. The second-order valence-corrected chi connectivity index (χ2v) is 3.57. The molecule has 0 spiro atoms. The Morgan fingerprint density at radius 3 is 2.67 bits per heavy atom. The van der Waals surface area contributed by atoms with E-state index in [-0.39, 0.29) is 36.1 Å². The molecule has 0 fully saturated rings. The molecule has 0 aliphatic heterocycles. The van der Waals surface area contributed by atoms with Gasteiger partial charge in [0.2, 0.25) is 0 Å². The van der Waals surface area contributed by atoms with Gasteiger partial charge >= 0.3 is 29.6 Å². The van der Waals surface area contributed by atoms with Gasteiger partial charge in [0.05, 0.1) is 10.7 Å². The number of hydrogen-bond acceptors (Lipinski definition) is 2. The van der Waals surface area contributed by atoms with E-state index in [1.165, 1.54) is 0 Å². The smallest absolute Gasteiger partial charge is 1.00 e. The molecular formula is C8H6Cl2N3NaS. The predicted molar refractivity (Wildman–Crippen MR) is 62.5 cm³/mol. The van der Waals surface area contributed by atoms with E-state index in [0.717, 1.165) is 0 Å². The van der Waals surface area contributed by atoms with E-state index >= 15 is 0 Å². The van der Waals surface area contributed by atoms with Crippen LogP contribution in [0.25, 0.3) is 0 Å². The summed E-state index contributed by atoms with van der Waals surface area (Å²) >= 11 is 16.3. The van der Waals surface area contributed by atoms with Gasteiger partial charge in [0.1, 0.15) is 0 Å². The molecule has 0 aromatic heterocycles. The van der Waals surface area contributed by atoms with Gasteiger partial charge in [-0.25, -0.2) is 0 Å². The first-order valence-electron chi connectivity index (χ1n) is 3.54. The van der Waals surface area contributed by atoms with Crippen molar-refractivity contribution >= 4 is 46.2 Å². The van der Waals surface area contributed by atoms with Crippen LogP contribution in [0.5, 0.6) is 0 Å². The first-order chi connectivity index (χ1) is 6.63. The number of nitriles is 1. The van der Waals surface area contributed by atoms with Gasteiger partial charge in [-0.2, -0.15) is 5.26 Å². The minimum absolute atomic E-state index is 0. The van der Waals surface area contributed by atoms with Crippen LogP contribution in [0, 0.1) is 11.5 Å². The molecule has 74 valence electrons. The molecule has 7 heteroatoms. The number of hydrogen-bond donors (Lipinski definition) is 2. The molecule has 0 atom stereocenters. The summed E-state index contributed by atoms with van der Waals surface area (Å²) in [6, 6.07) is 4.93. The Hall–Kier alpha value is -0.0200. The molecule has 0 saturated heterocycles. The van der Waals surface area contributed by atoms with Gasteiger partial charge < -0.3 is 6.74 Å². The molecule has 0 unspecified atom stereocenters. The molecule has 0 saturated carbocycles. The van der Waals surface area contributed by atoms with Crippen molar-refractivity contribution in [3.63, 3.8) is 0 Å². The Labute approximate surface area is 127 Å². The van der Waals surface area contributed by atoms with Crippen molar-refractivity contribution in [2.24, 2.45) is 0 Å². The molecule has 3 nitrogen and oxygen atoms in total. The Morgan fingerprint density at radius 1 is 1.47 bits per heavy atom. The zero-order valence-electron chi connectivity index (χ0n) is 8.84. The van der Waals surface area contributed by atoms with Crippen molar-refractivity contribution in [2.45, 2.75) is 0 Å². The molecule has 0 aliphatic rings. The van der Waals surface area contributed by atoms with E-state index in [2.05, 4.69) is 10.6 Å². The number of anilines is 1. The minimum Gasteiger partial charge on any atom is -1.00 e. The van der Waals surface area contributed by atoms with Crippen molar-refractivity contribution in [3.05, 3.63) is 28.2 Å². The molecule has 1 rings (SSSR count). The largest absolute Gasteiger partial charge is 1.00 e. The third kappa shape index (κ3) is 5.03. The fraction of sp³-hybridized carbons (Fsp3) is 0. The third-order valence-corrected chi connectivity index (χ3v) is 2.10. The molecule has 0 heterocycles. The van der Waals surface area contributed by atoms with Crippen LogP contribution in [0.4, 0.5) is 5.69 Å². The molecule has 1 aromatic carbocycles. The molecule has 15 heavy (non-hydrogen) atoms. The van der Waals surface area contributed by atoms with E-state index in [0.29, 0.717) is 15.7 Å². The fourth-order valence-electron chi connectivity index (χ4n) is 0.795. The van der Waals surface area contributed by atoms with Gasteiger partial charge in [0.25, 0.3) is 0 Å². The Morgan fingerprint density at radius 2 is 2.13 bits per heavy atom. The summed E-state index contributed by atoms with van der Waals surface area (Å²) in [5.41, 5.74) is 0.601. The summed E-state index contributed by atoms with van der Waals surface area (Å²) in [6.45, 7) is 0. The van der Waals surface area contributed by atoms with Crippen LogP contribution in [0.2, 0.25) is 10.0 Å². The average molecular weight is 270 g/mol. The van der Waals surface area contributed by atoms with Gasteiger partial charge in [-0.05, 0) is 30.4 Å². The molecule has 0 bridgehead atoms. The SMILES string of the molecule is N#CNC(=S)Nc1ccc(Cl)cc1Cl.[H-].[Na+]. The van der Waals surface area contributed by atoms with Crippen LogP contribution < -0.4 is 40.2 Å². The quantitative estimate of drug-likeness (QED) is 0.323. The van der Waals surface area contributed by atoms with Crippen LogP contribution in [0.15, 0.2) is 18.2 Å². The minimum atomic E-state index is 0. The van der Waals surface area contributed by atoms with Crippen molar-refractivity contribution in [1.82, 2.24) is 5.32 Å². The number of benzene rings is 1. The Balaban J connectivity index is 0. The Bertz CT molecular complexity index is 411. The van der Waals surface area contributed by atoms with Crippen molar-refractivity contribution in [1.29, 1.82) is 5.26 Å². The van der Waals surface area contributed by atoms with Gasteiger partial charge in [0.15, 0.2) is 11.3 Å². The van der Waals surface area contributed by atoms with Gasteiger partial charge in [-0.15, -0.1) is 0 Å². The fourth-order valence-corrected chi connectivity index (χ4v) is 1.41. The van der Waals surface area contributed by atoms with Crippen LogP contribution in [0.3, 0.4) is 0 Å². The maximum atomic E-state index is 8.29. The van der Waals surface area contributed by atoms with Crippen LogP contribution in [-0.4, -0.2) is 5.11 Å². The Kier molecular flexibility index (Phi) is 7.28. The average Bonchev–Trinajstić information content (AvgIpc) is 2.10. The van der Waals surface area contributed by atoms with E-state index < -0.39 is 0 Å². The number of nitrogens with one attached hydrogen (secondary N) is 2. The number of halogens is 2. The van der Waals surface area contributed by atoms with Crippen molar-refractivity contribution in [2.75, 3.05) is 5.32 Å². The summed E-state index contributed by atoms with van der Waals surface area (Å²) in [7, 11) is 0. The molecular weight excluding hydrogens is 264 g/mol. The van der Waals surface area contributed by atoms with Crippen molar-refractivity contribution in [3.8, 4) is 6.19 Å². The van der Waals surface area contributed by atoms with Crippen molar-refractivity contribution < 1.29 is 31.0 Å². The molecule has 0 radical (unpaired) electrons. The standard InChI is InChI=1S/C8H5Cl2N3S.Na.H/c9-5-1-2-7(6(10)3-5)13-8(14)12-4-11;;/h1-3H,(H2,12,13,14);;/q;+1;-1. The van der Waals surface area contributed by atoms with E-state index in [9.17, 15) is 0 Å². The summed E-state index contributed by atoms with van der Waals surface area (Å²) in [5, 5.41) is 14.5. The van der Waals surface area contributed by atoms with E-state index in [4.69, 9.17) is 40.7 Å². The molecule has 0 aliphatic carbocycles. The van der Waals surface area contributed by atoms with Crippen LogP contribution >= 0.6 is 35.4 Å². The normalized spacial score (nSPS) is 8.33. The number of thiocarbonyl (C=S) groups is 1. The molecule has 0 amide bonds. The van der Waals surface area contributed by atoms with Crippen LogP contribution in [0.1, 0.15) is 1.43 Å². The van der Waals surface area contributed by atoms with Gasteiger partial charge in [0, 0.05) is 5.02 Å². The van der Waals surface area contributed by atoms with Gasteiger partial charge in [-0.1, -0.05) is 23.2 Å². The summed E-state index contributed by atoms with van der Waals surface area (Å²) < 4.78 is 0. The second kappa shape index (κ2) is 7.29. The zero-order valence-corrected chi connectivity index (χ0v) is 12.2. The van der Waals surface area contributed by atoms with E-state index in [1.54, 1.807) is 24.4 Å². The van der Waals surface area contributed by atoms with Gasteiger partial charge in [-0.3, -0.25) is 5.32 Å². The monoisotopic (exact) mass is 269 g/mol. The second-order valence-electron chi connectivity index (χ2n) is 2.32. The zero-order chi connectivity index (χ0) is 10.6. The third-order valence-electron chi connectivity index (χ3n) is 1.35. The summed E-state index contributed by atoms with van der Waals surface area (Å²) in [6.07, 6.45) is 1.70. The predicted octanol–water partition coefficient (Wildman–Crippen LogP) is -0.123. The number of nitrogens with zero attached hydrogens (tertiary/aromatic N) is 1.